The second-order valence-corrected chi connectivity index (χ2v) is 7.95. The molecule has 0 aliphatic carbocycles. The number of hydrogen-bond donors (Lipinski definition) is 5. The molecular formula is C20H21NaO11S. The number of hydrogen-bond acceptors (Lipinski definition) is 11. The predicted molar refractivity (Wildman–Crippen MR) is 108 cm³/mol. The molecule has 0 radical (unpaired) electrons. The minimum absolute atomic E-state index is 0. The summed E-state index contributed by atoms with van der Waals surface area (Å²) in [5, 5.41) is 48.5. The standard InChI is InChI=1S/C20H22O11S.Na/c21-10-16-17(23)18(24)19(25)20(30-16)29-14-7-12(8-15(9-14)31-32(26,27)28)2-1-11-3-5-13(22)6-4-11;/h1-9,16-25H,10H2,(H,26,27,28);/q;+1/p-1/b2-1+;/t16-,17-,18+,19-,20-;/m1./s1. The molecule has 0 aromatic heterocycles. The van der Waals surface area contributed by atoms with Crippen LogP contribution in [0.1, 0.15) is 11.1 Å². The van der Waals surface area contributed by atoms with E-state index < -0.39 is 47.7 Å². The molecule has 0 bridgehead atoms. The van der Waals surface area contributed by atoms with Gasteiger partial charge in [-0.2, -0.15) is 0 Å². The normalized spacial score (nSPS) is 25.4. The van der Waals surface area contributed by atoms with E-state index in [1.807, 2.05) is 0 Å². The van der Waals surface area contributed by atoms with Crippen LogP contribution in [0.25, 0.3) is 12.2 Å². The predicted octanol–water partition coefficient (Wildman–Crippen LogP) is -3.42. The minimum Gasteiger partial charge on any atom is -0.716 e. The summed E-state index contributed by atoms with van der Waals surface area (Å²) in [5.41, 5.74) is 1.03. The maximum absolute atomic E-state index is 11.0. The fourth-order valence-corrected chi connectivity index (χ4v) is 3.33. The molecule has 174 valence electrons. The molecule has 13 heteroatoms. The molecule has 1 heterocycles. The molecule has 33 heavy (non-hydrogen) atoms. The van der Waals surface area contributed by atoms with Gasteiger partial charge in [-0.05, 0) is 35.4 Å². The van der Waals surface area contributed by atoms with Crippen LogP contribution in [-0.4, -0.2) is 75.8 Å². The van der Waals surface area contributed by atoms with Crippen LogP contribution < -0.4 is 38.5 Å². The molecule has 11 nitrogen and oxygen atoms in total. The van der Waals surface area contributed by atoms with Gasteiger partial charge in [-0.3, -0.25) is 0 Å². The van der Waals surface area contributed by atoms with Gasteiger partial charge >= 0.3 is 29.6 Å². The molecular weight excluding hydrogens is 471 g/mol. The molecule has 5 atom stereocenters. The first-order chi connectivity index (χ1) is 15.1. The molecule has 1 saturated heterocycles. The van der Waals surface area contributed by atoms with Gasteiger partial charge in [-0.15, -0.1) is 0 Å². The van der Waals surface area contributed by atoms with Gasteiger partial charge in [0.05, 0.1) is 6.61 Å². The fraction of sp³-hybridized carbons (Fsp3) is 0.300. The molecule has 5 N–H and O–H groups in total. The summed E-state index contributed by atoms with van der Waals surface area (Å²) in [6.45, 7) is -0.664. The molecule has 1 aliphatic rings. The first-order valence-electron chi connectivity index (χ1n) is 9.30. The number of aliphatic hydroxyl groups excluding tert-OH is 4. The van der Waals surface area contributed by atoms with Crippen LogP contribution >= 0.6 is 0 Å². The van der Waals surface area contributed by atoms with E-state index in [1.165, 1.54) is 30.3 Å². The van der Waals surface area contributed by atoms with Crippen molar-refractivity contribution in [2.75, 3.05) is 6.61 Å². The molecule has 0 unspecified atom stereocenters. The van der Waals surface area contributed by atoms with Crippen LogP contribution in [0.2, 0.25) is 0 Å². The molecule has 2 aromatic carbocycles. The van der Waals surface area contributed by atoms with Crippen molar-refractivity contribution < 1.29 is 81.7 Å². The average Bonchev–Trinajstić information content (AvgIpc) is 2.72. The summed E-state index contributed by atoms with van der Waals surface area (Å²) in [6.07, 6.45) is -4.54. The monoisotopic (exact) mass is 492 g/mol. The van der Waals surface area contributed by atoms with Gasteiger partial charge in [0.2, 0.25) is 6.29 Å². The Bertz CT molecular complexity index is 1060. The Hall–Kier alpha value is -1.71. The minimum atomic E-state index is -5.10. The summed E-state index contributed by atoms with van der Waals surface area (Å²) in [4.78, 5) is 0. The van der Waals surface area contributed by atoms with Gasteiger partial charge in [-0.25, -0.2) is 8.42 Å². The Morgan fingerprint density at radius 1 is 0.939 bits per heavy atom. The van der Waals surface area contributed by atoms with Gasteiger partial charge in [0, 0.05) is 6.07 Å². The molecule has 0 amide bonds. The maximum Gasteiger partial charge on any atom is 1.00 e. The number of phenolic OH excluding ortho intramolecular Hbond substituents is 1. The maximum atomic E-state index is 11.0. The van der Waals surface area contributed by atoms with Crippen LogP contribution in [0.4, 0.5) is 0 Å². The topological polar surface area (TPSA) is 186 Å². The summed E-state index contributed by atoms with van der Waals surface area (Å²) >= 11 is 0. The van der Waals surface area contributed by atoms with E-state index in [0.717, 1.165) is 6.07 Å². The van der Waals surface area contributed by atoms with Gasteiger partial charge in [0.25, 0.3) is 10.4 Å². The first kappa shape index (κ1) is 27.5. The van der Waals surface area contributed by atoms with Crippen molar-refractivity contribution in [3.05, 3.63) is 53.6 Å². The van der Waals surface area contributed by atoms with Gasteiger partial charge in [0.1, 0.15) is 41.7 Å². The smallest absolute Gasteiger partial charge is 0.716 e. The third-order valence-electron chi connectivity index (χ3n) is 4.56. The number of aliphatic hydroxyl groups is 4. The van der Waals surface area contributed by atoms with Crippen molar-refractivity contribution in [1.29, 1.82) is 0 Å². The third-order valence-corrected chi connectivity index (χ3v) is 4.96. The zero-order chi connectivity index (χ0) is 23.5. The van der Waals surface area contributed by atoms with Crippen LogP contribution in [-0.2, 0) is 15.1 Å². The zero-order valence-corrected chi connectivity index (χ0v) is 20.2. The quantitative estimate of drug-likeness (QED) is 0.112. The molecule has 1 fully saturated rings. The Labute approximate surface area is 211 Å². The number of rotatable bonds is 7. The fourth-order valence-electron chi connectivity index (χ4n) is 3.00. The van der Waals surface area contributed by atoms with Crippen molar-refractivity contribution in [3.63, 3.8) is 0 Å². The second-order valence-electron chi connectivity index (χ2n) is 6.97. The van der Waals surface area contributed by atoms with E-state index in [0.29, 0.717) is 11.1 Å². The van der Waals surface area contributed by atoms with Crippen LogP contribution in [0, 0.1) is 0 Å². The third kappa shape index (κ3) is 7.65. The van der Waals surface area contributed by atoms with E-state index in [-0.39, 0.29) is 46.8 Å². The van der Waals surface area contributed by atoms with E-state index in [1.54, 1.807) is 18.2 Å². The molecule has 0 spiro atoms. The molecule has 2 aromatic rings. The number of phenols is 1. The zero-order valence-electron chi connectivity index (χ0n) is 17.4. The van der Waals surface area contributed by atoms with Crippen molar-refractivity contribution >= 4 is 22.6 Å². The van der Waals surface area contributed by atoms with Crippen molar-refractivity contribution in [2.45, 2.75) is 30.7 Å². The molecule has 3 rings (SSSR count). The van der Waals surface area contributed by atoms with Crippen molar-refractivity contribution in [3.8, 4) is 17.2 Å². The second kappa shape index (κ2) is 11.6. The molecule has 1 aliphatic heterocycles. The summed E-state index contributed by atoms with van der Waals surface area (Å²) in [5.74, 6) is -0.401. The summed E-state index contributed by atoms with van der Waals surface area (Å²) < 4.78 is 48.2. The summed E-state index contributed by atoms with van der Waals surface area (Å²) in [6, 6.07) is 9.89. The van der Waals surface area contributed by atoms with E-state index >= 15 is 0 Å². The Balaban J connectivity index is 0.00000385. The SMILES string of the molecule is O=S(=O)([O-])Oc1cc(/C=C/c2ccc(O)cc2)cc(O[C@@H]2O[C@H](CO)[C@@H](O)[C@H](O)[C@H]2O)c1.[Na+]. The van der Waals surface area contributed by atoms with Crippen molar-refractivity contribution in [2.24, 2.45) is 0 Å². The van der Waals surface area contributed by atoms with Crippen LogP contribution in [0.3, 0.4) is 0 Å². The van der Waals surface area contributed by atoms with Gasteiger partial charge in [0.15, 0.2) is 0 Å². The first-order valence-corrected chi connectivity index (χ1v) is 10.6. The Morgan fingerprint density at radius 2 is 1.55 bits per heavy atom. The molecule has 0 saturated carbocycles. The Kier molecular flexibility index (Phi) is 9.70. The van der Waals surface area contributed by atoms with Gasteiger partial charge < -0.3 is 43.7 Å². The van der Waals surface area contributed by atoms with E-state index in [4.69, 9.17) is 9.47 Å². The van der Waals surface area contributed by atoms with E-state index in [9.17, 15) is 38.5 Å². The largest absolute Gasteiger partial charge is 1.00 e. The number of benzene rings is 2. The van der Waals surface area contributed by atoms with Crippen LogP contribution in [0.15, 0.2) is 42.5 Å². The number of aromatic hydroxyl groups is 1. The van der Waals surface area contributed by atoms with Gasteiger partial charge in [-0.1, -0.05) is 24.3 Å². The van der Waals surface area contributed by atoms with Crippen molar-refractivity contribution in [1.82, 2.24) is 0 Å². The van der Waals surface area contributed by atoms with E-state index in [2.05, 4.69) is 4.18 Å². The number of ether oxygens (including phenoxy) is 2. The van der Waals surface area contributed by atoms with Crippen LogP contribution in [0.5, 0.6) is 17.2 Å². The summed E-state index contributed by atoms with van der Waals surface area (Å²) in [7, 11) is -5.10. The average molecular weight is 492 g/mol. The Morgan fingerprint density at radius 3 is 2.15 bits per heavy atom.